The number of carbonyl (C=O) groups is 1. The molecule has 27 heavy (non-hydrogen) atoms. The van der Waals surface area contributed by atoms with Gasteiger partial charge in [0.25, 0.3) is 5.91 Å². The first kappa shape index (κ1) is 17.1. The number of fused-ring (bicyclic) bond motifs is 5. The highest BCUT2D eigenvalue weighted by Gasteiger charge is 2.29. The van der Waals surface area contributed by atoms with Gasteiger partial charge >= 0.3 is 0 Å². The van der Waals surface area contributed by atoms with Gasteiger partial charge in [0.1, 0.15) is 10.7 Å². The summed E-state index contributed by atoms with van der Waals surface area (Å²) in [5, 5.41) is 5.69. The van der Waals surface area contributed by atoms with E-state index < -0.39 is 0 Å². The summed E-state index contributed by atoms with van der Waals surface area (Å²) >= 11 is 1.79. The molecule has 0 bridgehead atoms. The summed E-state index contributed by atoms with van der Waals surface area (Å²) in [6.45, 7) is 8.04. The van der Waals surface area contributed by atoms with Gasteiger partial charge in [-0.15, -0.1) is 16.4 Å². The number of aromatic nitrogens is 4. The predicted molar refractivity (Wildman–Crippen MR) is 107 cm³/mol. The molecule has 1 aliphatic heterocycles. The van der Waals surface area contributed by atoms with Gasteiger partial charge in [-0.1, -0.05) is 13.8 Å². The molecule has 2 aliphatic rings. The molecule has 3 aromatic heterocycles. The molecule has 142 valence electrons. The third-order valence-corrected chi connectivity index (χ3v) is 7.23. The summed E-state index contributed by atoms with van der Waals surface area (Å²) in [5.41, 5.74) is 2.19. The molecule has 1 fully saturated rings. The van der Waals surface area contributed by atoms with Gasteiger partial charge in [-0.2, -0.15) is 4.52 Å². The quantitative estimate of drug-likeness (QED) is 0.638. The van der Waals surface area contributed by atoms with Gasteiger partial charge in [-0.05, 0) is 56.4 Å². The Morgan fingerprint density at radius 2 is 2.04 bits per heavy atom. The fraction of sp³-hybridized carbons (Fsp3) is 0.600. The molecule has 0 aromatic carbocycles. The van der Waals surface area contributed by atoms with Crippen LogP contribution in [-0.4, -0.2) is 43.5 Å². The molecule has 3 aromatic rings. The van der Waals surface area contributed by atoms with Gasteiger partial charge < -0.3 is 4.90 Å². The number of likely N-dealkylation sites (tertiary alicyclic amines) is 1. The lowest BCUT2D eigenvalue weighted by Gasteiger charge is -2.29. The molecule has 1 saturated heterocycles. The third kappa shape index (κ3) is 2.66. The van der Waals surface area contributed by atoms with Gasteiger partial charge in [-0.25, -0.2) is 9.97 Å². The van der Waals surface area contributed by atoms with E-state index in [1.807, 2.05) is 11.8 Å². The van der Waals surface area contributed by atoms with Crippen LogP contribution in [0.5, 0.6) is 0 Å². The van der Waals surface area contributed by atoms with Gasteiger partial charge in [0, 0.05) is 18.0 Å². The van der Waals surface area contributed by atoms with Crippen LogP contribution < -0.4 is 0 Å². The van der Waals surface area contributed by atoms with Crippen LogP contribution in [0.2, 0.25) is 0 Å². The normalized spacial score (nSPS) is 23.1. The van der Waals surface area contributed by atoms with E-state index in [1.165, 1.54) is 29.7 Å². The summed E-state index contributed by atoms with van der Waals surface area (Å²) in [7, 11) is 0. The van der Waals surface area contributed by atoms with E-state index in [0.29, 0.717) is 17.7 Å². The number of hydrogen-bond acceptors (Lipinski definition) is 5. The highest BCUT2D eigenvalue weighted by molar-refractivity contribution is 7.19. The summed E-state index contributed by atoms with van der Waals surface area (Å²) in [6.07, 6.45) is 5.80. The van der Waals surface area contributed by atoms with E-state index in [4.69, 9.17) is 9.97 Å². The van der Waals surface area contributed by atoms with Crippen LogP contribution in [0.3, 0.4) is 0 Å². The minimum Gasteiger partial charge on any atom is -0.336 e. The Morgan fingerprint density at radius 3 is 2.85 bits per heavy atom. The van der Waals surface area contributed by atoms with Crippen molar-refractivity contribution in [2.24, 2.45) is 5.92 Å². The van der Waals surface area contributed by atoms with Crippen molar-refractivity contribution in [3.05, 3.63) is 22.1 Å². The summed E-state index contributed by atoms with van der Waals surface area (Å²) < 4.78 is 1.78. The minimum absolute atomic E-state index is 0.0463. The Labute approximate surface area is 162 Å². The van der Waals surface area contributed by atoms with E-state index >= 15 is 0 Å². The Bertz CT molecular complexity index is 1050. The van der Waals surface area contributed by atoms with Crippen LogP contribution in [0.25, 0.3) is 15.9 Å². The van der Waals surface area contributed by atoms with Crippen molar-refractivity contribution in [2.45, 2.75) is 58.8 Å². The monoisotopic (exact) mass is 383 g/mol. The Hall–Kier alpha value is -2.02. The van der Waals surface area contributed by atoms with Crippen molar-refractivity contribution in [1.82, 2.24) is 24.5 Å². The van der Waals surface area contributed by atoms with Gasteiger partial charge in [0.2, 0.25) is 5.82 Å². The maximum atomic E-state index is 13.0. The molecule has 5 rings (SSSR count). The van der Waals surface area contributed by atoms with Gasteiger partial charge in [0.15, 0.2) is 5.65 Å². The molecule has 0 radical (unpaired) electrons. The summed E-state index contributed by atoms with van der Waals surface area (Å²) in [5.74, 6) is 2.11. The average Bonchev–Trinajstić information content (AvgIpc) is 3.23. The number of aryl methyl sites for hydroxylation is 2. The maximum absolute atomic E-state index is 13.0. The van der Waals surface area contributed by atoms with Crippen LogP contribution in [0.1, 0.15) is 72.3 Å². The molecule has 0 saturated carbocycles. The third-order valence-electron chi connectivity index (χ3n) is 6.07. The summed E-state index contributed by atoms with van der Waals surface area (Å²) in [6, 6.07) is 0. The first-order valence-corrected chi connectivity index (χ1v) is 10.8. The molecular weight excluding hydrogens is 358 g/mol. The van der Waals surface area contributed by atoms with E-state index in [2.05, 4.69) is 18.9 Å². The molecule has 1 amide bonds. The zero-order valence-corrected chi connectivity index (χ0v) is 17.0. The molecule has 7 heteroatoms. The fourth-order valence-corrected chi connectivity index (χ4v) is 6.07. The van der Waals surface area contributed by atoms with Crippen molar-refractivity contribution < 1.29 is 4.79 Å². The second-order valence-electron chi connectivity index (χ2n) is 8.24. The second kappa shape index (κ2) is 6.26. The smallest absolute Gasteiger partial charge is 0.293 e. The van der Waals surface area contributed by atoms with Crippen molar-refractivity contribution in [2.75, 3.05) is 13.1 Å². The molecule has 4 heterocycles. The lowest BCUT2D eigenvalue weighted by molar-refractivity contribution is 0.0671. The Kier molecular flexibility index (Phi) is 3.96. The van der Waals surface area contributed by atoms with Crippen LogP contribution in [0.4, 0.5) is 0 Å². The second-order valence-corrected chi connectivity index (χ2v) is 9.32. The predicted octanol–water partition coefficient (Wildman–Crippen LogP) is 3.96. The topological polar surface area (TPSA) is 63.4 Å². The average molecular weight is 384 g/mol. The largest absolute Gasteiger partial charge is 0.336 e. The molecule has 6 nitrogen and oxygen atoms in total. The van der Waals surface area contributed by atoms with Crippen molar-refractivity contribution >= 4 is 33.1 Å². The lowest BCUT2D eigenvalue weighted by Crippen LogP contribution is -2.39. The molecule has 2 atom stereocenters. The molecule has 0 spiro atoms. The van der Waals surface area contributed by atoms with Gasteiger partial charge in [0.05, 0.1) is 5.39 Å². The maximum Gasteiger partial charge on any atom is 0.293 e. The SMILES string of the molecule is Cc1nc2sc3c(c2c2nc(C(=O)N4CCC[C@H](C)C4)nn12)[C@@H](C)CCC3. The van der Waals surface area contributed by atoms with Crippen molar-refractivity contribution in [3.8, 4) is 0 Å². The highest BCUT2D eigenvalue weighted by atomic mass is 32.1. The van der Waals surface area contributed by atoms with Crippen LogP contribution in [0.15, 0.2) is 0 Å². The molecule has 0 unspecified atom stereocenters. The van der Waals surface area contributed by atoms with E-state index in [0.717, 1.165) is 47.6 Å². The zero-order chi connectivity index (χ0) is 18.7. The summed E-state index contributed by atoms with van der Waals surface area (Å²) in [4.78, 5) is 26.9. The number of piperidine rings is 1. The van der Waals surface area contributed by atoms with Crippen LogP contribution >= 0.6 is 11.3 Å². The van der Waals surface area contributed by atoms with E-state index in [1.54, 1.807) is 15.9 Å². The standard InChI is InChI=1S/C20H25N5OS/c1-11-6-5-9-24(10-11)20(26)17-22-18-16-15-12(2)7-4-8-14(15)27-19(16)21-13(3)25(18)23-17/h11-12H,4-10H2,1-3H3/t11-,12-/m0/s1. The Balaban J connectivity index is 1.66. The molecule has 1 aliphatic carbocycles. The number of amides is 1. The van der Waals surface area contributed by atoms with Crippen LogP contribution in [0, 0.1) is 12.8 Å². The number of rotatable bonds is 1. The number of hydrogen-bond donors (Lipinski definition) is 0. The number of carbonyl (C=O) groups excluding carboxylic acids is 1. The van der Waals surface area contributed by atoms with Crippen molar-refractivity contribution in [1.29, 1.82) is 0 Å². The van der Waals surface area contributed by atoms with Crippen molar-refractivity contribution in [3.63, 3.8) is 0 Å². The van der Waals surface area contributed by atoms with E-state index in [-0.39, 0.29) is 5.91 Å². The van der Waals surface area contributed by atoms with Crippen LogP contribution in [-0.2, 0) is 6.42 Å². The number of nitrogens with zero attached hydrogens (tertiary/aromatic N) is 5. The fourth-order valence-electron chi connectivity index (χ4n) is 4.69. The minimum atomic E-state index is -0.0463. The highest BCUT2D eigenvalue weighted by Crippen LogP contribution is 2.42. The molecule has 0 N–H and O–H groups in total. The lowest BCUT2D eigenvalue weighted by atomic mass is 9.87. The van der Waals surface area contributed by atoms with E-state index in [9.17, 15) is 4.79 Å². The van der Waals surface area contributed by atoms with Gasteiger partial charge in [-0.3, -0.25) is 4.79 Å². The zero-order valence-electron chi connectivity index (χ0n) is 16.2. The first-order valence-electron chi connectivity index (χ1n) is 10.0. The molecular formula is C20H25N5OS. The Morgan fingerprint density at radius 1 is 1.19 bits per heavy atom. The number of thiophene rings is 1. The first-order chi connectivity index (χ1) is 13.0.